The van der Waals surface area contributed by atoms with Crippen molar-refractivity contribution in [2.45, 2.75) is 27.0 Å². The summed E-state index contributed by atoms with van der Waals surface area (Å²) >= 11 is 3.56. The first-order valence-electron chi connectivity index (χ1n) is 10.7. The van der Waals surface area contributed by atoms with Crippen molar-refractivity contribution in [2.75, 3.05) is 39.3 Å². The zero-order valence-corrected chi connectivity index (χ0v) is 19.8. The quantitative estimate of drug-likeness (QED) is 0.505. The van der Waals surface area contributed by atoms with Gasteiger partial charge in [0.25, 0.3) is 5.91 Å². The van der Waals surface area contributed by atoms with Crippen LogP contribution in [0.25, 0.3) is 0 Å². The predicted octanol–water partition coefficient (Wildman–Crippen LogP) is 3.78. The van der Waals surface area contributed by atoms with Gasteiger partial charge in [0.1, 0.15) is 12.4 Å². The monoisotopic (exact) mass is 487 g/mol. The Bertz CT molecular complexity index is 876. The van der Waals surface area contributed by atoms with Gasteiger partial charge < -0.3 is 14.5 Å². The number of nitrogens with zero attached hydrogens (tertiary/aromatic N) is 3. The van der Waals surface area contributed by atoms with Gasteiger partial charge >= 0.3 is 0 Å². The van der Waals surface area contributed by atoms with Gasteiger partial charge in [-0.1, -0.05) is 41.9 Å². The normalized spacial score (nSPS) is 14.1. The molecule has 0 saturated carbocycles. The first-order valence-corrected chi connectivity index (χ1v) is 11.5. The van der Waals surface area contributed by atoms with Gasteiger partial charge in [0.05, 0.1) is 0 Å². The topological polar surface area (TPSA) is 53.1 Å². The molecule has 1 aliphatic rings. The van der Waals surface area contributed by atoms with Crippen molar-refractivity contribution in [1.82, 2.24) is 14.7 Å². The molecule has 1 fully saturated rings. The van der Waals surface area contributed by atoms with Crippen molar-refractivity contribution in [3.63, 3.8) is 0 Å². The van der Waals surface area contributed by atoms with E-state index in [0.29, 0.717) is 38.3 Å². The van der Waals surface area contributed by atoms with Crippen LogP contribution in [0.2, 0.25) is 0 Å². The summed E-state index contributed by atoms with van der Waals surface area (Å²) in [6, 6.07) is 13.7. The summed E-state index contributed by atoms with van der Waals surface area (Å²) in [4.78, 5) is 29.4. The largest absolute Gasteiger partial charge is 0.489 e. The maximum absolute atomic E-state index is 12.7. The Balaban J connectivity index is 1.61. The second-order valence-corrected chi connectivity index (χ2v) is 8.55. The minimum Gasteiger partial charge on any atom is -0.489 e. The lowest BCUT2D eigenvalue weighted by Crippen LogP contribution is -2.48. The van der Waals surface area contributed by atoms with Crippen molar-refractivity contribution < 1.29 is 14.3 Å². The second-order valence-electron chi connectivity index (χ2n) is 7.63. The van der Waals surface area contributed by atoms with E-state index in [-0.39, 0.29) is 5.91 Å². The lowest BCUT2D eigenvalue weighted by atomic mass is 10.1. The third-order valence-electron chi connectivity index (χ3n) is 5.66. The summed E-state index contributed by atoms with van der Waals surface area (Å²) in [5.41, 5.74) is 2.83. The SMILES string of the molecule is CCN(CC)Cc1cc(Br)ccc1OCc1ccc(C(=O)N2CCN(C=O)CC2)cc1. The van der Waals surface area contributed by atoms with Gasteiger partial charge in [-0.25, -0.2) is 0 Å². The van der Waals surface area contributed by atoms with Gasteiger partial charge in [-0.3, -0.25) is 14.5 Å². The van der Waals surface area contributed by atoms with E-state index in [4.69, 9.17) is 4.74 Å². The minimum atomic E-state index is 0.00689. The van der Waals surface area contributed by atoms with Gasteiger partial charge in [-0.15, -0.1) is 0 Å². The average Bonchev–Trinajstić information content (AvgIpc) is 2.82. The van der Waals surface area contributed by atoms with Gasteiger partial charge in [-0.2, -0.15) is 0 Å². The number of benzene rings is 2. The molecule has 0 aromatic heterocycles. The van der Waals surface area contributed by atoms with E-state index in [9.17, 15) is 9.59 Å². The Labute approximate surface area is 192 Å². The van der Waals surface area contributed by atoms with Crippen molar-refractivity contribution >= 4 is 28.2 Å². The Morgan fingerprint density at radius 2 is 1.74 bits per heavy atom. The van der Waals surface area contributed by atoms with Gasteiger partial charge in [0, 0.05) is 48.3 Å². The summed E-state index contributed by atoms with van der Waals surface area (Å²) < 4.78 is 7.17. The molecule has 6 nitrogen and oxygen atoms in total. The van der Waals surface area contributed by atoms with E-state index in [0.717, 1.165) is 47.4 Å². The van der Waals surface area contributed by atoms with Crippen molar-refractivity contribution in [3.8, 4) is 5.75 Å². The minimum absolute atomic E-state index is 0.00689. The van der Waals surface area contributed by atoms with Gasteiger partial charge in [-0.05, 0) is 49.0 Å². The molecule has 0 N–H and O–H groups in total. The number of piperazine rings is 1. The molecule has 0 bridgehead atoms. The number of halogens is 1. The zero-order chi connectivity index (χ0) is 22.2. The van der Waals surface area contributed by atoms with Crippen molar-refractivity contribution in [1.29, 1.82) is 0 Å². The van der Waals surface area contributed by atoms with Crippen molar-refractivity contribution in [3.05, 3.63) is 63.6 Å². The second kappa shape index (κ2) is 11.3. The van der Waals surface area contributed by atoms with Crippen LogP contribution >= 0.6 is 15.9 Å². The van der Waals surface area contributed by atoms with E-state index >= 15 is 0 Å². The molecule has 2 amide bonds. The third-order valence-corrected chi connectivity index (χ3v) is 6.15. The molecule has 1 aliphatic heterocycles. The van der Waals surface area contributed by atoms with Crippen LogP contribution in [0.4, 0.5) is 0 Å². The van der Waals surface area contributed by atoms with Crippen LogP contribution in [0.5, 0.6) is 5.75 Å². The maximum atomic E-state index is 12.7. The Morgan fingerprint density at radius 3 is 2.35 bits per heavy atom. The number of hydrogen-bond acceptors (Lipinski definition) is 4. The highest BCUT2D eigenvalue weighted by atomic mass is 79.9. The number of hydrogen-bond donors (Lipinski definition) is 0. The van der Waals surface area contributed by atoms with Crippen LogP contribution in [0.3, 0.4) is 0 Å². The molecule has 166 valence electrons. The fourth-order valence-electron chi connectivity index (χ4n) is 3.62. The molecular weight excluding hydrogens is 458 g/mol. The average molecular weight is 488 g/mol. The number of carbonyl (C=O) groups excluding carboxylic acids is 2. The Kier molecular flexibility index (Phi) is 8.49. The molecule has 0 radical (unpaired) electrons. The van der Waals surface area contributed by atoms with E-state index in [1.54, 1.807) is 9.80 Å². The molecule has 31 heavy (non-hydrogen) atoms. The van der Waals surface area contributed by atoms with E-state index < -0.39 is 0 Å². The third kappa shape index (κ3) is 6.31. The summed E-state index contributed by atoms with van der Waals surface area (Å²) in [6.07, 6.45) is 0.843. The van der Waals surface area contributed by atoms with Crippen LogP contribution in [0.1, 0.15) is 35.3 Å². The number of carbonyl (C=O) groups is 2. The Morgan fingerprint density at radius 1 is 1.06 bits per heavy atom. The van der Waals surface area contributed by atoms with Crippen LogP contribution in [0.15, 0.2) is 46.9 Å². The standard InChI is InChI=1S/C24H30BrN3O3/c1-3-26(4-2)16-21-15-22(25)9-10-23(21)31-17-19-5-7-20(8-6-19)24(30)28-13-11-27(18-29)12-14-28/h5-10,15,18H,3-4,11-14,16-17H2,1-2H3. The number of rotatable bonds is 9. The zero-order valence-electron chi connectivity index (χ0n) is 18.2. The summed E-state index contributed by atoms with van der Waals surface area (Å²) in [5.74, 6) is 0.885. The predicted molar refractivity (Wildman–Crippen MR) is 125 cm³/mol. The molecule has 7 heteroatoms. The van der Waals surface area contributed by atoms with E-state index in [1.165, 1.54) is 0 Å². The fraction of sp³-hybridized carbons (Fsp3) is 0.417. The number of ether oxygens (including phenoxy) is 1. The first kappa shape index (κ1) is 23.3. The highest BCUT2D eigenvalue weighted by molar-refractivity contribution is 9.10. The molecule has 0 spiro atoms. The highest BCUT2D eigenvalue weighted by Gasteiger charge is 2.21. The highest BCUT2D eigenvalue weighted by Crippen LogP contribution is 2.25. The molecular formula is C24H30BrN3O3. The summed E-state index contributed by atoms with van der Waals surface area (Å²) in [7, 11) is 0. The van der Waals surface area contributed by atoms with Gasteiger partial charge in [0.2, 0.25) is 6.41 Å². The van der Waals surface area contributed by atoms with Crippen LogP contribution in [-0.4, -0.2) is 66.3 Å². The van der Waals surface area contributed by atoms with Crippen molar-refractivity contribution in [2.24, 2.45) is 0 Å². The molecule has 1 heterocycles. The molecule has 2 aromatic carbocycles. The van der Waals surface area contributed by atoms with Crippen LogP contribution < -0.4 is 4.74 Å². The van der Waals surface area contributed by atoms with Gasteiger partial charge in [0.15, 0.2) is 0 Å². The van der Waals surface area contributed by atoms with E-state index in [1.807, 2.05) is 36.4 Å². The number of amides is 2. The molecule has 0 atom stereocenters. The van der Waals surface area contributed by atoms with Crippen LogP contribution in [-0.2, 0) is 17.9 Å². The summed E-state index contributed by atoms with van der Waals surface area (Å²) in [5, 5.41) is 0. The Hall–Kier alpha value is -2.38. The maximum Gasteiger partial charge on any atom is 0.253 e. The summed E-state index contributed by atoms with van der Waals surface area (Å²) in [6.45, 7) is 9.90. The molecule has 2 aromatic rings. The molecule has 1 saturated heterocycles. The van der Waals surface area contributed by atoms with E-state index in [2.05, 4.69) is 40.7 Å². The fourth-order valence-corrected chi connectivity index (χ4v) is 4.03. The molecule has 0 aliphatic carbocycles. The molecule has 0 unspecified atom stereocenters. The lowest BCUT2D eigenvalue weighted by Gasteiger charge is -2.32. The smallest absolute Gasteiger partial charge is 0.253 e. The van der Waals surface area contributed by atoms with Crippen LogP contribution in [0, 0.1) is 0 Å². The molecule has 3 rings (SSSR count). The first-order chi connectivity index (χ1) is 15.0. The lowest BCUT2D eigenvalue weighted by molar-refractivity contribution is -0.119.